The Morgan fingerprint density at radius 2 is 1.65 bits per heavy atom. The number of anilines is 2. The number of hydrogen-bond donors (Lipinski definition) is 1. The predicted molar refractivity (Wildman–Crippen MR) is 159 cm³/mol. The number of nitrogens with zero attached hydrogens (tertiary/aromatic N) is 2. The Kier molecular flexibility index (Phi) is 7.08. The van der Waals surface area contributed by atoms with Crippen LogP contribution in [0.1, 0.15) is 21.9 Å². The van der Waals surface area contributed by atoms with Gasteiger partial charge in [-0.15, -0.1) is 0 Å². The minimum Gasteiger partial charge on any atom is -0.325 e. The second-order valence-corrected chi connectivity index (χ2v) is 12.5. The minimum atomic E-state index is -0.821. The van der Waals surface area contributed by atoms with Crippen LogP contribution in [0.5, 0.6) is 0 Å². The fraction of sp³-hybridized carbons (Fsp3) is 0.172. The van der Waals surface area contributed by atoms with Gasteiger partial charge in [0.1, 0.15) is 11.8 Å². The van der Waals surface area contributed by atoms with Crippen LogP contribution in [-0.2, 0) is 20.9 Å². The van der Waals surface area contributed by atoms with Gasteiger partial charge in [-0.05, 0) is 42.8 Å². The van der Waals surface area contributed by atoms with Crippen molar-refractivity contribution in [3.63, 3.8) is 0 Å². The highest BCUT2D eigenvalue weighted by Crippen LogP contribution is 2.55. The quantitative estimate of drug-likeness (QED) is 0.282. The molecular weight excluding hydrogens is 589 g/mol. The molecule has 40 heavy (non-hydrogen) atoms. The van der Waals surface area contributed by atoms with E-state index in [-0.39, 0.29) is 34.2 Å². The number of rotatable bonds is 5. The Hall–Kier alpha value is -3.37. The van der Waals surface area contributed by atoms with E-state index in [1.807, 2.05) is 25.1 Å². The van der Waals surface area contributed by atoms with Crippen molar-refractivity contribution in [1.29, 1.82) is 0 Å². The molecule has 1 saturated heterocycles. The molecule has 1 aromatic heterocycles. The van der Waals surface area contributed by atoms with Gasteiger partial charge in [-0.3, -0.25) is 23.7 Å². The van der Waals surface area contributed by atoms with Gasteiger partial charge >= 0.3 is 4.87 Å². The smallest absolute Gasteiger partial charge is 0.308 e. The molecule has 2 unspecified atom stereocenters. The average molecular weight is 611 g/mol. The molecule has 1 N–H and O–H groups in total. The second-order valence-electron chi connectivity index (χ2n) is 9.57. The van der Waals surface area contributed by atoms with E-state index in [1.165, 1.54) is 9.47 Å². The Bertz CT molecular complexity index is 1720. The maximum absolute atomic E-state index is 14.0. The van der Waals surface area contributed by atoms with Crippen LogP contribution in [0.15, 0.2) is 82.6 Å². The van der Waals surface area contributed by atoms with E-state index in [2.05, 4.69) is 5.32 Å². The zero-order chi connectivity index (χ0) is 28.1. The van der Waals surface area contributed by atoms with E-state index in [4.69, 9.17) is 23.2 Å². The molecule has 2 aliphatic rings. The molecule has 11 heteroatoms. The van der Waals surface area contributed by atoms with E-state index in [0.717, 1.165) is 28.7 Å². The van der Waals surface area contributed by atoms with Gasteiger partial charge in [-0.25, -0.2) is 4.90 Å². The lowest BCUT2D eigenvalue weighted by Crippen LogP contribution is -2.33. The van der Waals surface area contributed by atoms with Gasteiger partial charge in [0.2, 0.25) is 17.7 Å². The molecule has 1 fully saturated rings. The number of nitrogens with one attached hydrogen (secondary N) is 1. The number of imide groups is 1. The van der Waals surface area contributed by atoms with Crippen molar-refractivity contribution in [3.8, 4) is 0 Å². The Morgan fingerprint density at radius 3 is 2.38 bits per heavy atom. The first kappa shape index (κ1) is 26.8. The highest BCUT2D eigenvalue weighted by molar-refractivity contribution is 8.00. The third-order valence-corrected chi connectivity index (χ3v) is 10.5. The molecule has 0 bridgehead atoms. The van der Waals surface area contributed by atoms with Gasteiger partial charge in [-0.2, -0.15) is 0 Å². The summed E-state index contributed by atoms with van der Waals surface area (Å²) in [6.45, 7) is 1.68. The Labute approximate surface area is 247 Å². The number of carbonyl (C=O) groups excluding carboxylic acids is 3. The minimum absolute atomic E-state index is 0.246. The molecule has 0 saturated carbocycles. The Balaban J connectivity index is 1.45. The first-order valence-corrected chi connectivity index (χ1v) is 14.8. The van der Waals surface area contributed by atoms with Crippen molar-refractivity contribution in [1.82, 2.24) is 4.57 Å². The molecule has 3 atom stereocenters. The van der Waals surface area contributed by atoms with E-state index in [1.54, 1.807) is 54.6 Å². The van der Waals surface area contributed by atoms with Gasteiger partial charge in [0.05, 0.1) is 26.7 Å². The number of para-hydroxylation sites is 1. The summed E-state index contributed by atoms with van der Waals surface area (Å²) in [4.78, 5) is 55.4. The summed E-state index contributed by atoms with van der Waals surface area (Å²) >= 11 is 15.1. The molecule has 6 rings (SSSR count). The maximum atomic E-state index is 14.0. The number of carbonyl (C=O) groups is 3. The van der Waals surface area contributed by atoms with Crippen molar-refractivity contribution < 1.29 is 14.4 Å². The number of benzene rings is 3. The van der Waals surface area contributed by atoms with Gasteiger partial charge in [0.25, 0.3) is 0 Å². The molecule has 3 aromatic carbocycles. The summed E-state index contributed by atoms with van der Waals surface area (Å²) < 4.78 is 1.37. The number of fused-ring (bicyclic) bond motifs is 2. The fourth-order valence-electron chi connectivity index (χ4n) is 5.17. The maximum Gasteiger partial charge on any atom is 0.308 e. The van der Waals surface area contributed by atoms with Crippen LogP contribution in [0.4, 0.5) is 11.4 Å². The highest BCUT2D eigenvalue weighted by Gasteiger charge is 2.57. The summed E-state index contributed by atoms with van der Waals surface area (Å²) in [7, 11) is 0. The zero-order valence-corrected chi connectivity index (χ0v) is 24.1. The molecule has 3 amide bonds. The van der Waals surface area contributed by atoms with Crippen molar-refractivity contribution >= 4 is 75.4 Å². The fourth-order valence-corrected chi connectivity index (χ4v) is 8.35. The molecule has 0 radical (unpaired) electrons. The van der Waals surface area contributed by atoms with Crippen LogP contribution in [-0.4, -0.2) is 27.5 Å². The normalized spacial score (nSPS) is 19.9. The van der Waals surface area contributed by atoms with Crippen LogP contribution >= 0.6 is 46.3 Å². The summed E-state index contributed by atoms with van der Waals surface area (Å²) in [5.41, 5.74) is 2.64. The third-order valence-electron chi connectivity index (χ3n) is 7.02. The first-order chi connectivity index (χ1) is 19.2. The lowest BCUT2D eigenvalue weighted by molar-refractivity contribution is -0.122. The van der Waals surface area contributed by atoms with Gasteiger partial charge in [0.15, 0.2) is 0 Å². The SMILES string of the molecule is Cc1ccc(N2C(=O)C3Sc4c(sc(=O)n4CC(=O)Nc4ccccc4)[C@H](c4cccc(Cl)c4Cl)C3C2=O)cc1. The monoisotopic (exact) mass is 609 g/mol. The molecule has 7 nitrogen and oxygen atoms in total. The molecule has 3 heterocycles. The van der Waals surface area contributed by atoms with Crippen molar-refractivity contribution in [2.75, 3.05) is 10.2 Å². The van der Waals surface area contributed by atoms with Crippen LogP contribution in [0.2, 0.25) is 10.0 Å². The average Bonchev–Trinajstić information content (AvgIpc) is 3.38. The van der Waals surface area contributed by atoms with Gasteiger partial charge in [-0.1, -0.05) is 94.3 Å². The van der Waals surface area contributed by atoms with Crippen LogP contribution in [0.3, 0.4) is 0 Å². The van der Waals surface area contributed by atoms with Gasteiger partial charge < -0.3 is 5.32 Å². The predicted octanol–water partition coefficient (Wildman–Crippen LogP) is 5.96. The highest BCUT2D eigenvalue weighted by atomic mass is 35.5. The molecule has 0 spiro atoms. The summed E-state index contributed by atoms with van der Waals surface area (Å²) in [6.07, 6.45) is 0. The number of halogens is 2. The van der Waals surface area contributed by atoms with E-state index in [9.17, 15) is 19.2 Å². The lowest BCUT2D eigenvalue weighted by Gasteiger charge is -2.31. The largest absolute Gasteiger partial charge is 0.325 e. The lowest BCUT2D eigenvalue weighted by atomic mass is 9.83. The van der Waals surface area contributed by atoms with Crippen molar-refractivity contribution in [3.05, 3.63) is 109 Å². The number of hydrogen-bond acceptors (Lipinski definition) is 6. The number of thioether (sulfide) groups is 1. The van der Waals surface area contributed by atoms with E-state index < -0.39 is 17.1 Å². The summed E-state index contributed by atoms with van der Waals surface area (Å²) in [6, 6.07) is 21.2. The van der Waals surface area contributed by atoms with Crippen molar-refractivity contribution in [2.45, 2.75) is 29.7 Å². The van der Waals surface area contributed by atoms with E-state index in [0.29, 0.717) is 31.9 Å². The molecular formula is C29H21Cl2N3O4S2. The number of thiazole rings is 1. The van der Waals surface area contributed by atoms with Crippen LogP contribution in [0, 0.1) is 12.8 Å². The summed E-state index contributed by atoms with van der Waals surface area (Å²) in [5.74, 6) is -2.64. The Morgan fingerprint density at radius 1 is 0.925 bits per heavy atom. The number of aryl methyl sites for hydroxylation is 1. The molecule has 202 valence electrons. The topological polar surface area (TPSA) is 88.5 Å². The van der Waals surface area contributed by atoms with Crippen LogP contribution in [0.25, 0.3) is 0 Å². The molecule has 4 aromatic rings. The summed E-state index contributed by atoms with van der Waals surface area (Å²) in [5, 5.41) is 3.02. The van der Waals surface area contributed by atoms with Crippen LogP contribution < -0.4 is 15.1 Å². The first-order valence-electron chi connectivity index (χ1n) is 12.4. The second kappa shape index (κ2) is 10.6. The standard InChI is InChI=1S/C29H21Cl2N3O4S2/c1-15-10-12-17(13-11-15)34-26(36)22-21(18-8-5-9-19(30)23(18)31)25-28(39-24(22)27(34)37)33(29(38)40-25)14-20(35)32-16-6-3-2-4-7-16/h2-13,21-22,24H,14H2,1H3,(H,32,35)/t21-,22?,24?/m1/s1. The number of aromatic nitrogens is 1. The third kappa shape index (κ3) is 4.56. The zero-order valence-electron chi connectivity index (χ0n) is 21.0. The van der Waals surface area contributed by atoms with Crippen molar-refractivity contribution in [2.24, 2.45) is 5.92 Å². The van der Waals surface area contributed by atoms with E-state index >= 15 is 0 Å². The molecule has 0 aliphatic carbocycles. The number of amides is 3. The van der Waals surface area contributed by atoms with Gasteiger partial charge in [0, 0.05) is 16.5 Å². The molecule has 2 aliphatic heterocycles.